The molecular weight excluding hydrogens is 284 g/mol. The average Bonchev–Trinajstić information content (AvgIpc) is 3.12. The highest BCUT2D eigenvalue weighted by atomic mass is 79.9. The van der Waals surface area contributed by atoms with Crippen molar-refractivity contribution in [3.63, 3.8) is 0 Å². The molecule has 4 heteroatoms. The molecule has 1 saturated carbocycles. The van der Waals surface area contributed by atoms with Crippen LogP contribution in [0.1, 0.15) is 18.4 Å². The van der Waals surface area contributed by atoms with Gasteiger partial charge >= 0.3 is 0 Å². The molecule has 1 aliphatic carbocycles. The van der Waals surface area contributed by atoms with Crippen molar-refractivity contribution in [2.75, 3.05) is 7.11 Å². The molecule has 0 spiro atoms. The van der Waals surface area contributed by atoms with Gasteiger partial charge in [0.25, 0.3) is 0 Å². The highest BCUT2D eigenvalue weighted by Crippen LogP contribution is 2.35. The zero-order valence-corrected chi connectivity index (χ0v) is 11.4. The Morgan fingerprint density at radius 2 is 2.12 bits per heavy atom. The summed E-state index contributed by atoms with van der Waals surface area (Å²) < 4.78 is 6.01. The van der Waals surface area contributed by atoms with Gasteiger partial charge in [0.15, 0.2) is 0 Å². The smallest absolute Gasteiger partial charge is 0.133 e. The highest BCUT2D eigenvalue weighted by Gasteiger charge is 2.34. The minimum absolute atomic E-state index is 0.298. The van der Waals surface area contributed by atoms with Gasteiger partial charge in [0, 0.05) is 6.42 Å². The van der Waals surface area contributed by atoms with Crippen LogP contribution in [-0.4, -0.2) is 29.5 Å². The Morgan fingerprint density at radius 1 is 1.41 bits per heavy atom. The maximum atomic E-state index is 9.90. The molecule has 0 bridgehead atoms. The molecule has 0 aromatic heterocycles. The van der Waals surface area contributed by atoms with Crippen LogP contribution in [0.3, 0.4) is 0 Å². The Bertz CT molecular complexity index is 390. The van der Waals surface area contributed by atoms with E-state index in [2.05, 4.69) is 15.9 Å². The van der Waals surface area contributed by atoms with Crippen molar-refractivity contribution < 1.29 is 14.9 Å². The Hall–Kier alpha value is -0.580. The molecule has 0 saturated heterocycles. The molecule has 17 heavy (non-hydrogen) atoms. The van der Waals surface area contributed by atoms with Gasteiger partial charge in [0.2, 0.25) is 0 Å². The molecule has 2 atom stereocenters. The summed E-state index contributed by atoms with van der Waals surface area (Å²) in [7, 11) is 1.62. The van der Waals surface area contributed by atoms with Gasteiger partial charge in [-0.15, -0.1) is 0 Å². The third-order valence-electron chi connectivity index (χ3n) is 3.16. The fraction of sp³-hybridized carbons (Fsp3) is 0.538. The van der Waals surface area contributed by atoms with Gasteiger partial charge < -0.3 is 14.9 Å². The van der Waals surface area contributed by atoms with E-state index in [0.717, 1.165) is 28.6 Å². The van der Waals surface area contributed by atoms with Crippen LogP contribution in [0.5, 0.6) is 5.75 Å². The van der Waals surface area contributed by atoms with E-state index in [1.165, 1.54) is 0 Å². The zero-order valence-electron chi connectivity index (χ0n) is 9.77. The second-order valence-corrected chi connectivity index (χ2v) is 5.42. The van der Waals surface area contributed by atoms with Crippen molar-refractivity contribution in [1.29, 1.82) is 0 Å². The fourth-order valence-corrected chi connectivity index (χ4v) is 2.54. The van der Waals surface area contributed by atoms with Gasteiger partial charge in [-0.05, 0) is 52.4 Å². The molecule has 1 aromatic carbocycles. The van der Waals surface area contributed by atoms with Crippen molar-refractivity contribution in [2.24, 2.45) is 5.92 Å². The number of hydrogen-bond acceptors (Lipinski definition) is 3. The van der Waals surface area contributed by atoms with E-state index < -0.39 is 12.2 Å². The molecule has 94 valence electrons. The third kappa shape index (κ3) is 3.21. The first-order chi connectivity index (χ1) is 8.11. The quantitative estimate of drug-likeness (QED) is 0.876. The van der Waals surface area contributed by atoms with Crippen LogP contribution < -0.4 is 4.74 Å². The number of benzene rings is 1. The van der Waals surface area contributed by atoms with E-state index in [1.807, 2.05) is 18.2 Å². The predicted molar refractivity (Wildman–Crippen MR) is 69.1 cm³/mol. The second-order valence-electron chi connectivity index (χ2n) is 4.57. The molecule has 1 aliphatic rings. The molecule has 0 heterocycles. The van der Waals surface area contributed by atoms with Gasteiger partial charge in [-0.2, -0.15) is 0 Å². The van der Waals surface area contributed by atoms with Crippen LogP contribution in [0, 0.1) is 5.92 Å². The Labute approximate surface area is 110 Å². The van der Waals surface area contributed by atoms with Gasteiger partial charge in [-0.3, -0.25) is 0 Å². The molecular formula is C13H17BrO3. The maximum Gasteiger partial charge on any atom is 0.133 e. The molecule has 1 fully saturated rings. The molecule has 0 radical (unpaired) electrons. The molecule has 2 rings (SSSR count). The van der Waals surface area contributed by atoms with E-state index in [9.17, 15) is 10.2 Å². The normalized spacial score (nSPS) is 18.8. The predicted octanol–water partition coefficient (Wildman–Crippen LogP) is 2.13. The van der Waals surface area contributed by atoms with Crippen LogP contribution in [0.2, 0.25) is 0 Å². The van der Waals surface area contributed by atoms with Crippen molar-refractivity contribution in [3.8, 4) is 5.75 Å². The van der Waals surface area contributed by atoms with Crippen molar-refractivity contribution >= 4 is 15.9 Å². The highest BCUT2D eigenvalue weighted by molar-refractivity contribution is 9.10. The number of ether oxygens (including phenoxy) is 1. The Balaban J connectivity index is 2.00. The maximum absolute atomic E-state index is 9.90. The number of rotatable bonds is 5. The molecule has 3 nitrogen and oxygen atoms in total. The molecule has 0 aliphatic heterocycles. The van der Waals surface area contributed by atoms with E-state index in [4.69, 9.17) is 4.74 Å². The number of hydrogen-bond donors (Lipinski definition) is 2. The number of halogens is 1. The van der Waals surface area contributed by atoms with Crippen molar-refractivity contribution in [3.05, 3.63) is 28.2 Å². The summed E-state index contributed by atoms with van der Waals surface area (Å²) in [4.78, 5) is 0. The largest absolute Gasteiger partial charge is 0.496 e. The van der Waals surface area contributed by atoms with E-state index in [-0.39, 0.29) is 0 Å². The monoisotopic (exact) mass is 300 g/mol. The van der Waals surface area contributed by atoms with Gasteiger partial charge in [0.1, 0.15) is 5.75 Å². The SMILES string of the molecule is COc1ccc(CC(O)C(O)C2CC2)cc1Br. The van der Waals surface area contributed by atoms with Gasteiger partial charge in [-0.25, -0.2) is 0 Å². The minimum atomic E-state index is -0.678. The zero-order chi connectivity index (χ0) is 12.4. The summed E-state index contributed by atoms with van der Waals surface area (Å²) >= 11 is 3.41. The lowest BCUT2D eigenvalue weighted by Crippen LogP contribution is -2.29. The van der Waals surface area contributed by atoms with Crippen molar-refractivity contribution in [2.45, 2.75) is 31.5 Å². The van der Waals surface area contributed by atoms with Crippen LogP contribution in [0.4, 0.5) is 0 Å². The van der Waals surface area contributed by atoms with Gasteiger partial charge in [0.05, 0.1) is 23.8 Å². The lowest BCUT2D eigenvalue weighted by atomic mass is 10.0. The molecule has 0 amide bonds. The van der Waals surface area contributed by atoms with E-state index in [0.29, 0.717) is 12.3 Å². The number of aliphatic hydroxyl groups excluding tert-OH is 2. The Morgan fingerprint density at radius 3 is 2.65 bits per heavy atom. The molecule has 1 aromatic rings. The standard InChI is InChI=1S/C13H17BrO3/c1-17-12-5-2-8(6-10(12)14)7-11(15)13(16)9-3-4-9/h2,5-6,9,11,13,15-16H,3-4,7H2,1H3. The van der Waals surface area contributed by atoms with Crippen LogP contribution >= 0.6 is 15.9 Å². The first-order valence-electron chi connectivity index (χ1n) is 5.80. The topological polar surface area (TPSA) is 49.7 Å². The summed E-state index contributed by atoms with van der Waals surface area (Å²) in [6.45, 7) is 0. The summed E-state index contributed by atoms with van der Waals surface area (Å²) in [5.41, 5.74) is 0.991. The average molecular weight is 301 g/mol. The molecule has 2 unspecified atom stereocenters. The first-order valence-corrected chi connectivity index (χ1v) is 6.59. The Kier molecular flexibility index (Phi) is 4.07. The number of methoxy groups -OCH3 is 1. The van der Waals surface area contributed by atoms with E-state index in [1.54, 1.807) is 7.11 Å². The van der Waals surface area contributed by atoms with Crippen LogP contribution in [-0.2, 0) is 6.42 Å². The minimum Gasteiger partial charge on any atom is -0.496 e. The number of aliphatic hydroxyl groups is 2. The lowest BCUT2D eigenvalue weighted by molar-refractivity contribution is 0.00672. The third-order valence-corrected chi connectivity index (χ3v) is 3.78. The molecule has 2 N–H and O–H groups in total. The second kappa shape index (κ2) is 5.38. The van der Waals surface area contributed by atoms with Crippen LogP contribution in [0.15, 0.2) is 22.7 Å². The summed E-state index contributed by atoms with van der Waals surface area (Å²) in [6, 6.07) is 5.68. The van der Waals surface area contributed by atoms with Crippen LogP contribution in [0.25, 0.3) is 0 Å². The van der Waals surface area contributed by atoms with Crippen molar-refractivity contribution in [1.82, 2.24) is 0 Å². The lowest BCUT2D eigenvalue weighted by Gasteiger charge is -2.17. The fourth-order valence-electron chi connectivity index (χ4n) is 1.95. The first kappa shape index (κ1) is 12.9. The summed E-state index contributed by atoms with van der Waals surface area (Å²) in [5, 5.41) is 19.7. The van der Waals surface area contributed by atoms with Gasteiger partial charge in [-0.1, -0.05) is 6.07 Å². The summed E-state index contributed by atoms with van der Waals surface area (Å²) in [6.07, 6.45) is 1.27. The van der Waals surface area contributed by atoms with E-state index >= 15 is 0 Å². The summed E-state index contributed by atoms with van der Waals surface area (Å²) in [5.74, 6) is 1.07.